The summed E-state index contributed by atoms with van der Waals surface area (Å²) < 4.78 is 0. The molecule has 0 bridgehead atoms. The van der Waals surface area contributed by atoms with Crippen LogP contribution < -0.4 is 0 Å². The summed E-state index contributed by atoms with van der Waals surface area (Å²) in [5, 5.41) is 0. The molecule has 0 aromatic heterocycles. The largest absolute Gasteiger partial charge is 0.298 e. The molecule has 0 amide bonds. The van der Waals surface area contributed by atoms with Gasteiger partial charge in [0.05, 0.1) is 0 Å². The molecule has 2 heteroatoms. The van der Waals surface area contributed by atoms with Crippen molar-refractivity contribution in [2.24, 2.45) is 0 Å². The van der Waals surface area contributed by atoms with Gasteiger partial charge >= 0.3 is 0 Å². The lowest BCUT2D eigenvalue weighted by molar-refractivity contribution is 0.0964. The summed E-state index contributed by atoms with van der Waals surface area (Å²) in [6.45, 7) is 10.6. The highest BCUT2D eigenvalue weighted by atomic mass is 15.3. The Morgan fingerprint density at radius 1 is 1.06 bits per heavy atom. The minimum atomic E-state index is 0.744. The zero-order valence-corrected chi connectivity index (χ0v) is 11.1. The zero-order chi connectivity index (χ0) is 12.1. The molecule has 0 aliphatic carbocycles. The highest BCUT2D eigenvalue weighted by molar-refractivity contribution is 5.14. The number of piperazine rings is 1. The van der Waals surface area contributed by atoms with Crippen molar-refractivity contribution < 1.29 is 0 Å². The number of nitrogens with zero attached hydrogens (tertiary/aromatic N) is 2. The second kappa shape index (κ2) is 6.18. The van der Waals surface area contributed by atoms with Crippen LogP contribution in [0.1, 0.15) is 25.8 Å². The predicted octanol–water partition coefficient (Wildman–Crippen LogP) is 2.60. The first-order valence-corrected chi connectivity index (χ1v) is 6.80. The minimum absolute atomic E-state index is 0.744. The molecule has 17 heavy (non-hydrogen) atoms. The molecule has 1 fully saturated rings. The Kier molecular flexibility index (Phi) is 4.57. The van der Waals surface area contributed by atoms with Crippen LogP contribution in [-0.4, -0.2) is 42.0 Å². The van der Waals surface area contributed by atoms with Crippen molar-refractivity contribution in [2.75, 3.05) is 26.2 Å². The monoisotopic (exact) mass is 232 g/mol. The van der Waals surface area contributed by atoms with Crippen LogP contribution in [0.15, 0.2) is 30.3 Å². The molecule has 2 rings (SSSR count). The first-order valence-electron chi connectivity index (χ1n) is 6.80. The van der Waals surface area contributed by atoms with Crippen LogP contribution in [-0.2, 0) is 6.54 Å². The van der Waals surface area contributed by atoms with Gasteiger partial charge in [-0.15, -0.1) is 0 Å². The average Bonchev–Trinajstić information content (AvgIpc) is 2.40. The van der Waals surface area contributed by atoms with Crippen molar-refractivity contribution in [3.8, 4) is 0 Å². The molecule has 1 saturated heterocycles. The molecule has 1 aliphatic rings. The zero-order valence-electron chi connectivity index (χ0n) is 11.1. The second-order valence-electron chi connectivity index (χ2n) is 5.05. The Morgan fingerprint density at radius 3 is 2.29 bits per heavy atom. The Balaban J connectivity index is 1.80. The minimum Gasteiger partial charge on any atom is -0.298 e. The Morgan fingerprint density at radius 2 is 1.71 bits per heavy atom. The van der Waals surface area contributed by atoms with Crippen molar-refractivity contribution >= 4 is 0 Å². The summed E-state index contributed by atoms with van der Waals surface area (Å²) in [5.74, 6) is 0. The molecule has 1 aromatic rings. The van der Waals surface area contributed by atoms with Gasteiger partial charge < -0.3 is 0 Å². The van der Waals surface area contributed by atoms with Crippen molar-refractivity contribution in [2.45, 2.75) is 32.9 Å². The molecular formula is C15H24N2. The Bertz CT molecular complexity index is 315. The van der Waals surface area contributed by atoms with Gasteiger partial charge in [0.25, 0.3) is 0 Å². The van der Waals surface area contributed by atoms with Gasteiger partial charge in [-0.2, -0.15) is 0 Å². The fourth-order valence-electron chi connectivity index (χ4n) is 2.46. The average molecular weight is 232 g/mol. The van der Waals surface area contributed by atoms with E-state index in [4.69, 9.17) is 0 Å². The maximum absolute atomic E-state index is 2.61. The lowest BCUT2D eigenvalue weighted by Gasteiger charge is -2.37. The third kappa shape index (κ3) is 3.55. The van der Waals surface area contributed by atoms with E-state index in [1.807, 2.05) is 0 Å². The third-order valence-corrected chi connectivity index (χ3v) is 3.87. The SMILES string of the molecule is CCC(C)N1CCN(Cc2ccccc2)CC1. The highest BCUT2D eigenvalue weighted by Crippen LogP contribution is 2.11. The first-order chi connectivity index (χ1) is 8.29. The van der Waals surface area contributed by atoms with Gasteiger partial charge in [0.1, 0.15) is 0 Å². The van der Waals surface area contributed by atoms with E-state index < -0.39 is 0 Å². The van der Waals surface area contributed by atoms with Gasteiger partial charge in [0.2, 0.25) is 0 Å². The number of hydrogen-bond acceptors (Lipinski definition) is 2. The number of benzene rings is 1. The summed E-state index contributed by atoms with van der Waals surface area (Å²) in [4.78, 5) is 5.18. The molecule has 0 spiro atoms. The molecule has 0 saturated carbocycles. The quantitative estimate of drug-likeness (QED) is 0.787. The summed E-state index contributed by atoms with van der Waals surface area (Å²) in [7, 11) is 0. The number of rotatable bonds is 4. The molecule has 1 atom stereocenters. The van der Waals surface area contributed by atoms with Gasteiger partial charge in [0.15, 0.2) is 0 Å². The fraction of sp³-hybridized carbons (Fsp3) is 0.600. The number of hydrogen-bond donors (Lipinski definition) is 0. The van der Waals surface area contributed by atoms with Crippen molar-refractivity contribution in [1.29, 1.82) is 0 Å². The topological polar surface area (TPSA) is 6.48 Å². The van der Waals surface area contributed by atoms with Crippen LogP contribution in [0.4, 0.5) is 0 Å². The van der Waals surface area contributed by atoms with E-state index in [0.717, 1.165) is 12.6 Å². The summed E-state index contributed by atoms with van der Waals surface area (Å²) >= 11 is 0. The van der Waals surface area contributed by atoms with Crippen LogP contribution in [0.25, 0.3) is 0 Å². The molecule has 1 heterocycles. The van der Waals surface area contributed by atoms with Crippen LogP contribution in [0.5, 0.6) is 0 Å². The Hall–Kier alpha value is -0.860. The lowest BCUT2D eigenvalue weighted by Crippen LogP contribution is -2.48. The van der Waals surface area contributed by atoms with Crippen LogP contribution in [0.3, 0.4) is 0 Å². The van der Waals surface area contributed by atoms with Crippen molar-refractivity contribution in [3.63, 3.8) is 0 Å². The van der Waals surface area contributed by atoms with E-state index in [-0.39, 0.29) is 0 Å². The molecule has 94 valence electrons. The predicted molar refractivity (Wildman–Crippen MR) is 73.0 cm³/mol. The van der Waals surface area contributed by atoms with E-state index in [0.29, 0.717) is 0 Å². The maximum atomic E-state index is 2.61. The summed E-state index contributed by atoms with van der Waals surface area (Å²) in [6.07, 6.45) is 1.26. The van der Waals surface area contributed by atoms with Crippen molar-refractivity contribution in [3.05, 3.63) is 35.9 Å². The van der Waals surface area contributed by atoms with Gasteiger partial charge in [-0.25, -0.2) is 0 Å². The van der Waals surface area contributed by atoms with Crippen LogP contribution in [0, 0.1) is 0 Å². The summed E-state index contributed by atoms with van der Waals surface area (Å²) in [5.41, 5.74) is 1.43. The first kappa shape index (κ1) is 12.6. The van der Waals surface area contributed by atoms with E-state index >= 15 is 0 Å². The normalized spacial score (nSPS) is 20.4. The van der Waals surface area contributed by atoms with Gasteiger partial charge in [-0.1, -0.05) is 37.3 Å². The molecule has 0 N–H and O–H groups in total. The standard InChI is InChI=1S/C15H24N2/c1-3-14(2)17-11-9-16(10-12-17)13-15-7-5-4-6-8-15/h4-8,14H,3,9-13H2,1-2H3. The van der Waals surface area contributed by atoms with Crippen molar-refractivity contribution in [1.82, 2.24) is 9.80 Å². The summed E-state index contributed by atoms with van der Waals surface area (Å²) in [6, 6.07) is 11.5. The molecule has 2 nitrogen and oxygen atoms in total. The van der Waals surface area contributed by atoms with Gasteiger partial charge in [0, 0.05) is 38.8 Å². The smallest absolute Gasteiger partial charge is 0.0234 e. The van der Waals surface area contributed by atoms with Gasteiger partial charge in [-0.05, 0) is 18.9 Å². The van der Waals surface area contributed by atoms with Gasteiger partial charge in [-0.3, -0.25) is 9.80 Å². The molecular weight excluding hydrogens is 208 g/mol. The second-order valence-corrected chi connectivity index (χ2v) is 5.05. The fourth-order valence-corrected chi connectivity index (χ4v) is 2.46. The van der Waals surface area contributed by atoms with Crippen LogP contribution in [0.2, 0.25) is 0 Å². The van der Waals surface area contributed by atoms with E-state index in [2.05, 4.69) is 54.0 Å². The molecule has 1 aromatic carbocycles. The Labute approximate surface area is 105 Å². The molecule has 1 aliphatic heterocycles. The van der Waals surface area contributed by atoms with E-state index in [9.17, 15) is 0 Å². The lowest BCUT2D eigenvalue weighted by atomic mass is 10.1. The van der Waals surface area contributed by atoms with E-state index in [1.54, 1.807) is 0 Å². The third-order valence-electron chi connectivity index (χ3n) is 3.87. The molecule has 1 unspecified atom stereocenters. The maximum Gasteiger partial charge on any atom is 0.0234 e. The van der Waals surface area contributed by atoms with Crippen LogP contribution >= 0.6 is 0 Å². The highest BCUT2D eigenvalue weighted by Gasteiger charge is 2.19. The van der Waals surface area contributed by atoms with E-state index in [1.165, 1.54) is 38.2 Å². The molecule has 0 radical (unpaired) electrons.